The van der Waals surface area contributed by atoms with Gasteiger partial charge in [0.25, 0.3) is 0 Å². The van der Waals surface area contributed by atoms with Crippen LogP contribution in [0.2, 0.25) is 0 Å². The van der Waals surface area contributed by atoms with Crippen molar-refractivity contribution in [3.05, 3.63) is 65.5 Å². The molecule has 0 spiro atoms. The van der Waals surface area contributed by atoms with Gasteiger partial charge >= 0.3 is 0 Å². The van der Waals surface area contributed by atoms with Gasteiger partial charge in [-0.15, -0.1) is 0 Å². The lowest BCUT2D eigenvalue weighted by Crippen LogP contribution is -2.24. The number of aryl methyl sites for hydroxylation is 1. The molecule has 0 saturated carbocycles. The zero-order chi connectivity index (χ0) is 13.8. The van der Waals surface area contributed by atoms with Gasteiger partial charge in [0.2, 0.25) is 5.91 Å². The Morgan fingerprint density at radius 1 is 1.20 bits per heavy atom. The van der Waals surface area contributed by atoms with Gasteiger partial charge in [0.05, 0.1) is 0 Å². The molecule has 3 nitrogen and oxygen atoms in total. The summed E-state index contributed by atoms with van der Waals surface area (Å²) in [5.41, 5.74) is 3.84. The van der Waals surface area contributed by atoms with Crippen molar-refractivity contribution >= 4 is 5.91 Å². The van der Waals surface area contributed by atoms with Crippen LogP contribution in [0.1, 0.15) is 35.4 Å². The molecule has 0 aliphatic heterocycles. The number of amides is 1. The van der Waals surface area contributed by atoms with Crippen LogP contribution in [0.5, 0.6) is 0 Å². The topological polar surface area (TPSA) is 42.0 Å². The van der Waals surface area contributed by atoms with E-state index in [4.69, 9.17) is 0 Å². The van der Waals surface area contributed by atoms with E-state index in [0.29, 0.717) is 18.9 Å². The van der Waals surface area contributed by atoms with Gasteiger partial charge in [-0.2, -0.15) is 0 Å². The highest BCUT2D eigenvalue weighted by atomic mass is 16.1. The lowest BCUT2D eigenvalue weighted by atomic mass is 9.97. The molecule has 1 atom stereocenters. The predicted molar refractivity (Wildman–Crippen MR) is 78.2 cm³/mol. The molecule has 3 heteroatoms. The Balaban J connectivity index is 1.55. The minimum atomic E-state index is 0.128. The average Bonchev–Trinajstić information content (AvgIpc) is 2.90. The average molecular weight is 266 g/mol. The van der Waals surface area contributed by atoms with Crippen molar-refractivity contribution in [3.63, 3.8) is 0 Å². The molecular weight excluding hydrogens is 248 g/mol. The summed E-state index contributed by atoms with van der Waals surface area (Å²) < 4.78 is 0. The molecule has 1 aliphatic rings. The molecule has 1 aromatic carbocycles. The first-order valence-corrected chi connectivity index (χ1v) is 7.06. The fourth-order valence-corrected chi connectivity index (χ4v) is 2.85. The lowest BCUT2D eigenvalue weighted by Gasteiger charge is -2.11. The van der Waals surface area contributed by atoms with Crippen molar-refractivity contribution in [2.75, 3.05) is 0 Å². The van der Waals surface area contributed by atoms with E-state index in [1.165, 1.54) is 11.1 Å². The first-order chi connectivity index (χ1) is 9.83. The molecule has 1 aliphatic carbocycles. The summed E-state index contributed by atoms with van der Waals surface area (Å²) in [4.78, 5) is 16.0. The Kier molecular flexibility index (Phi) is 3.77. The van der Waals surface area contributed by atoms with Crippen LogP contribution in [0, 0.1) is 0 Å². The van der Waals surface area contributed by atoms with Gasteiger partial charge in [-0.05, 0) is 47.6 Å². The molecule has 0 saturated heterocycles. The number of hydrogen-bond acceptors (Lipinski definition) is 2. The normalized spacial score (nSPS) is 16.7. The number of benzene rings is 1. The molecule has 1 N–H and O–H groups in total. The van der Waals surface area contributed by atoms with Gasteiger partial charge < -0.3 is 5.32 Å². The molecule has 3 rings (SSSR count). The van der Waals surface area contributed by atoms with Crippen LogP contribution >= 0.6 is 0 Å². The summed E-state index contributed by atoms with van der Waals surface area (Å²) in [6, 6.07) is 12.3. The highest BCUT2D eigenvalue weighted by molar-refractivity contribution is 5.77. The number of carbonyl (C=O) groups is 1. The highest BCUT2D eigenvalue weighted by Crippen LogP contribution is 2.34. The molecule has 102 valence electrons. The molecule has 0 fully saturated rings. The van der Waals surface area contributed by atoms with E-state index in [9.17, 15) is 4.79 Å². The molecule has 1 amide bonds. The smallest absolute Gasteiger partial charge is 0.220 e. The summed E-state index contributed by atoms with van der Waals surface area (Å²) in [5.74, 6) is 0.507. The monoisotopic (exact) mass is 266 g/mol. The summed E-state index contributed by atoms with van der Waals surface area (Å²) in [6.07, 6.45) is 6.26. The Morgan fingerprint density at radius 3 is 2.85 bits per heavy atom. The van der Waals surface area contributed by atoms with Crippen LogP contribution in [-0.2, 0) is 17.8 Å². The number of aromatic nitrogens is 1. The largest absolute Gasteiger partial charge is 0.352 e. The first-order valence-electron chi connectivity index (χ1n) is 7.06. The van der Waals surface area contributed by atoms with Crippen LogP contribution in [0.3, 0.4) is 0 Å². The third-order valence-electron chi connectivity index (χ3n) is 3.93. The van der Waals surface area contributed by atoms with Gasteiger partial charge in [0, 0.05) is 25.4 Å². The highest BCUT2D eigenvalue weighted by Gasteiger charge is 2.23. The fourth-order valence-electron chi connectivity index (χ4n) is 2.85. The Morgan fingerprint density at radius 2 is 2.00 bits per heavy atom. The lowest BCUT2D eigenvalue weighted by molar-refractivity contribution is -0.121. The molecule has 0 bridgehead atoms. The second-order valence-corrected chi connectivity index (χ2v) is 5.27. The zero-order valence-electron chi connectivity index (χ0n) is 11.4. The van der Waals surface area contributed by atoms with Crippen LogP contribution in [0.15, 0.2) is 48.8 Å². The molecule has 0 radical (unpaired) electrons. The standard InChI is InChI=1S/C17H18N2O/c20-17(19-12-13-7-9-18-10-8-13)11-15-6-5-14-3-1-2-4-16(14)15/h1-4,7-10,15H,5-6,11-12H2,(H,19,20)/t15-/m1/s1. The molecule has 20 heavy (non-hydrogen) atoms. The summed E-state index contributed by atoms with van der Waals surface area (Å²) in [5, 5.41) is 2.99. The van der Waals surface area contributed by atoms with Gasteiger partial charge in [-0.1, -0.05) is 24.3 Å². The van der Waals surface area contributed by atoms with E-state index in [1.807, 2.05) is 12.1 Å². The summed E-state index contributed by atoms with van der Waals surface area (Å²) >= 11 is 0. The van der Waals surface area contributed by atoms with Crippen molar-refractivity contribution in [2.24, 2.45) is 0 Å². The Labute approximate surface area is 119 Å². The SMILES string of the molecule is O=C(C[C@H]1CCc2ccccc21)NCc1ccncc1. The number of rotatable bonds is 4. The van der Waals surface area contributed by atoms with E-state index in [2.05, 4.69) is 34.6 Å². The molecule has 1 aromatic heterocycles. The van der Waals surface area contributed by atoms with Crippen LogP contribution in [0.25, 0.3) is 0 Å². The van der Waals surface area contributed by atoms with Crippen molar-refractivity contribution in [3.8, 4) is 0 Å². The number of pyridine rings is 1. The molecule has 0 unspecified atom stereocenters. The Hall–Kier alpha value is -2.16. The van der Waals surface area contributed by atoms with E-state index in [1.54, 1.807) is 12.4 Å². The Bertz CT molecular complexity index is 595. The quantitative estimate of drug-likeness (QED) is 0.924. The second kappa shape index (κ2) is 5.87. The number of carbonyl (C=O) groups excluding carboxylic acids is 1. The van der Waals surface area contributed by atoms with E-state index in [0.717, 1.165) is 18.4 Å². The van der Waals surface area contributed by atoms with Gasteiger partial charge in [-0.25, -0.2) is 0 Å². The third-order valence-corrected chi connectivity index (χ3v) is 3.93. The second-order valence-electron chi connectivity index (χ2n) is 5.27. The predicted octanol–water partition coefficient (Wildman–Crippen LogP) is 2.82. The maximum atomic E-state index is 12.1. The maximum absolute atomic E-state index is 12.1. The third kappa shape index (κ3) is 2.87. The minimum absolute atomic E-state index is 0.128. The number of fused-ring (bicyclic) bond motifs is 1. The van der Waals surface area contributed by atoms with Crippen molar-refractivity contribution in [1.29, 1.82) is 0 Å². The number of nitrogens with zero attached hydrogens (tertiary/aromatic N) is 1. The first kappa shape index (κ1) is 12.9. The molecule has 1 heterocycles. The van der Waals surface area contributed by atoms with Crippen molar-refractivity contribution in [2.45, 2.75) is 31.7 Å². The molecular formula is C17H18N2O. The maximum Gasteiger partial charge on any atom is 0.220 e. The summed E-state index contributed by atoms with van der Waals surface area (Å²) in [7, 11) is 0. The number of nitrogens with one attached hydrogen (secondary N) is 1. The zero-order valence-corrected chi connectivity index (χ0v) is 11.4. The van der Waals surface area contributed by atoms with Gasteiger partial charge in [-0.3, -0.25) is 9.78 Å². The van der Waals surface area contributed by atoms with Crippen LogP contribution in [0.4, 0.5) is 0 Å². The van der Waals surface area contributed by atoms with E-state index < -0.39 is 0 Å². The summed E-state index contributed by atoms with van der Waals surface area (Å²) in [6.45, 7) is 0.579. The fraction of sp³-hybridized carbons (Fsp3) is 0.294. The van der Waals surface area contributed by atoms with Crippen molar-refractivity contribution in [1.82, 2.24) is 10.3 Å². The minimum Gasteiger partial charge on any atom is -0.352 e. The van der Waals surface area contributed by atoms with Gasteiger partial charge in [0.15, 0.2) is 0 Å². The van der Waals surface area contributed by atoms with Crippen LogP contribution < -0.4 is 5.32 Å². The van der Waals surface area contributed by atoms with Crippen LogP contribution in [-0.4, -0.2) is 10.9 Å². The van der Waals surface area contributed by atoms with E-state index in [-0.39, 0.29) is 5.91 Å². The van der Waals surface area contributed by atoms with Gasteiger partial charge in [0.1, 0.15) is 0 Å². The van der Waals surface area contributed by atoms with Crippen molar-refractivity contribution < 1.29 is 4.79 Å². The van der Waals surface area contributed by atoms with E-state index >= 15 is 0 Å². The number of hydrogen-bond donors (Lipinski definition) is 1. The molecule has 2 aromatic rings.